The summed E-state index contributed by atoms with van der Waals surface area (Å²) in [5, 5.41) is 14.8. The topological polar surface area (TPSA) is 104 Å². The van der Waals surface area contributed by atoms with Crippen molar-refractivity contribution in [3.8, 4) is 0 Å². The van der Waals surface area contributed by atoms with Gasteiger partial charge in [0, 0.05) is 6.04 Å². The van der Waals surface area contributed by atoms with Crippen molar-refractivity contribution in [2.75, 3.05) is 20.7 Å². The molecule has 2 unspecified atom stereocenters. The highest BCUT2D eigenvalue weighted by Gasteiger charge is 2.29. The number of nitrogens with zero attached hydrogens (tertiary/aromatic N) is 1. The van der Waals surface area contributed by atoms with Crippen LogP contribution < -0.4 is 0 Å². The molecule has 1 aromatic rings. The Morgan fingerprint density at radius 1 is 1.09 bits per heavy atom. The van der Waals surface area contributed by atoms with E-state index in [9.17, 15) is 4.79 Å². The molecule has 1 aromatic carbocycles. The van der Waals surface area contributed by atoms with Gasteiger partial charge in [-0.05, 0) is 33.5 Å². The second-order valence-electron chi connectivity index (χ2n) is 4.95. The first-order chi connectivity index (χ1) is 10.7. The van der Waals surface area contributed by atoms with Gasteiger partial charge in [-0.15, -0.1) is 0 Å². The predicted octanol–water partition coefficient (Wildman–Crippen LogP) is 1.44. The van der Waals surface area contributed by atoms with Crippen LogP contribution in [0.3, 0.4) is 0 Å². The van der Waals surface area contributed by atoms with Gasteiger partial charge in [0.2, 0.25) is 0 Å². The molecule has 1 rings (SSSR count). The van der Waals surface area contributed by atoms with Crippen molar-refractivity contribution < 1.29 is 29.3 Å². The van der Waals surface area contributed by atoms with Gasteiger partial charge < -0.3 is 19.8 Å². The molecule has 0 aliphatic heterocycles. The first kappa shape index (κ1) is 20.6. The Bertz CT molecular complexity index is 503. The van der Waals surface area contributed by atoms with Crippen molar-refractivity contribution >= 4 is 17.9 Å². The Kier molecular flexibility index (Phi) is 9.26. The number of likely N-dealkylation sites (N-methyl/N-ethyl adjacent to an activating group) is 1. The van der Waals surface area contributed by atoms with Crippen LogP contribution in [0.5, 0.6) is 0 Å². The monoisotopic (exact) mass is 325 g/mol. The lowest BCUT2D eigenvalue weighted by Crippen LogP contribution is -2.36. The summed E-state index contributed by atoms with van der Waals surface area (Å²) in [6.45, 7) is 4.29. The molecule has 0 saturated carbocycles. The largest absolute Gasteiger partial charge is 0.473 e. The average molecular weight is 325 g/mol. The molecule has 0 aromatic heterocycles. The first-order valence-electron chi connectivity index (χ1n) is 7.06. The van der Waals surface area contributed by atoms with E-state index in [1.807, 2.05) is 63.2 Å². The predicted molar refractivity (Wildman–Crippen MR) is 84.2 cm³/mol. The zero-order chi connectivity index (χ0) is 18.0. The molecule has 7 nitrogen and oxygen atoms in total. The summed E-state index contributed by atoms with van der Waals surface area (Å²) in [7, 11) is 3.94. The summed E-state index contributed by atoms with van der Waals surface area (Å²) < 4.78 is 5.16. The van der Waals surface area contributed by atoms with Crippen molar-refractivity contribution in [3.63, 3.8) is 0 Å². The van der Waals surface area contributed by atoms with E-state index in [0.29, 0.717) is 6.61 Å². The zero-order valence-corrected chi connectivity index (χ0v) is 13.7. The number of hydrogen-bond acceptors (Lipinski definition) is 5. The van der Waals surface area contributed by atoms with Crippen molar-refractivity contribution in [1.29, 1.82) is 0 Å². The van der Waals surface area contributed by atoms with E-state index >= 15 is 0 Å². The van der Waals surface area contributed by atoms with E-state index in [4.69, 9.17) is 24.5 Å². The minimum absolute atomic E-state index is 0.108. The number of rotatable bonds is 5. The van der Waals surface area contributed by atoms with Gasteiger partial charge in [-0.1, -0.05) is 30.3 Å². The summed E-state index contributed by atoms with van der Waals surface area (Å²) in [6, 6.07) is 9.90. The number of esters is 1. The number of carbonyl (C=O) groups is 3. The molecule has 2 atom stereocenters. The van der Waals surface area contributed by atoms with Crippen LogP contribution >= 0.6 is 0 Å². The van der Waals surface area contributed by atoms with Crippen LogP contribution in [-0.2, 0) is 19.1 Å². The molecule has 2 N–H and O–H groups in total. The molecule has 0 bridgehead atoms. The maximum absolute atomic E-state index is 12.0. The molecule has 128 valence electrons. The molecule has 0 amide bonds. The molecule has 0 radical (unpaired) electrons. The second-order valence-corrected chi connectivity index (χ2v) is 4.95. The fraction of sp³-hybridized carbons (Fsp3) is 0.438. The van der Waals surface area contributed by atoms with E-state index in [1.165, 1.54) is 0 Å². The van der Waals surface area contributed by atoms with Gasteiger partial charge in [-0.3, -0.25) is 4.79 Å². The fourth-order valence-corrected chi connectivity index (χ4v) is 1.80. The lowest BCUT2D eigenvalue weighted by molar-refractivity contribution is -0.159. The van der Waals surface area contributed by atoms with Crippen LogP contribution in [0.25, 0.3) is 0 Å². The molecule has 0 aliphatic rings. The van der Waals surface area contributed by atoms with Crippen LogP contribution in [-0.4, -0.2) is 59.8 Å². The third-order valence-corrected chi connectivity index (χ3v) is 3.18. The third-order valence-electron chi connectivity index (χ3n) is 3.18. The second kappa shape index (κ2) is 10.3. The number of carboxylic acid groups (broad SMARTS) is 2. The maximum atomic E-state index is 12.0. The maximum Gasteiger partial charge on any atom is 0.414 e. The van der Waals surface area contributed by atoms with Gasteiger partial charge in [0.05, 0.1) is 12.5 Å². The number of carboxylic acids is 2. The summed E-state index contributed by atoms with van der Waals surface area (Å²) in [6.07, 6.45) is 0. The zero-order valence-electron chi connectivity index (χ0n) is 13.7. The molecular formula is C16H23NO6. The molecule has 0 saturated heterocycles. The lowest BCUT2D eigenvalue weighted by Gasteiger charge is -2.28. The first-order valence-corrected chi connectivity index (χ1v) is 7.06. The molecule has 7 heteroatoms. The van der Waals surface area contributed by atoms with Crippen LogP contribution in [0.4, 0.5) is 0 Å². The number of aliphatic carboxylic acids is 2. The SMILES string of the molecule is CCOC(=O)C(c1ccccc1)C(C)N(C)C.O=C(O)C(=O)O. The number of benzene rings is 1. The number of carbonyl (C=O) groups excluding carboxylic acids is 1. The van der Waals surface area contributed by atoms with Gasteiger partial charge in [0.1, 0.15) is 0 Å². The van der Waals surface area contributed by atoms with Crippen molar-refractivity contribution in [2.24, 2.45) is 0 Å². The Labute approximate surface area is 135 Å². The highest BCUT2D eigenvalue weighted by molar-refractivity contribution is 6.27. The fourth-order valence-electron chi connectivity index (χ4n) is 1.80. The van der Waals surface area contributed by atoms with Crippen molar-refractivity contribution in [1.82, 2.24) is 4.90 Å². The van der Waals surface area contributed by atoms with Gasteiger partial charge in [-0.25, -0.2) is 9.59 Å². The number of ether oxygens (including phenoxy) is 1. The minimum atomic E-state index is -1.82. The molecule has 23 heavy (non-hydrogen) atoms. The van der Waals surface area contributed by atoms with E-state index in [1.54, 1.807) is 0 Å². The van der Waals surface area contributed by atoms with Gasteiger partial charge in [0.15, 0.2) is 0 Å². The van der Waals surface area contributed by atoms with E-state index in [0.717, 1.165) is 5.56 Å². The summed E-state index contributed by atoms with van der Waals surface area (Å²) in [5.74, 6) is -4.03. The van der Waals surface area contributed by atoms with Crippen LogP contribution in [0.1, 0.15) is 25.3 Å². The van der Waals surface area contributed by atoms with E-state index < -0.39 is 11.9 Å². The quantitative estimate of drug-likeness (QED) is 0.623. The average Bonchev–Trinajstić information content (AvgIpc) is 2.49. The molecule has 0 heterocycles. The lowest BCUT2D eigenvalue weighted by atomic mass is 9.92. The van der Waals surface area contributed by atoms with Crippen LogP contribution in [0.2, 0.25) is 0 Å². The number of hydrogen-bond donors (Lipinski definition) is 2. The normalized spacial score (nSPS) is 12.6. The van der Waals surface area contributed by atoms with Gasteiger partial charge in [-0.2, -0.15) is 0 Å². The van der Waals surface area contributed by atoms with Crippen LogP contribution in [0, 0.1) is 0 Å². The van der Waals surface area contributed by atoms with Gasteiger partial charge >= 0.3 is 17.9 Å². The van der Waals surface area contributed by atoms with E-state index in [-0.39, 0.29) is 17.9 Å². The molecule has 0 aliphatic carbocycles. The summed E-state index contributed by atoms with van der Waals surface area (Å²) in [4.78, 5) is 32.3. The Balaban J connectivity index is 0.000000688. The standard InChI is InChI=1S/C14H21NO2.C2H2O4/c1-5-17-14(16)13(11(2)15(3)4)12-9-7-6-8-10-12;3-1(4)2(5)6/h6-11,13H,5H2,1-4H3;(H,3,4)(H,5,6). The van der Waals surface area contributed by atoms with Crippen molar-refractivity contribution in [2.45, 2.75) is 25.8 Å². The van der Waals surface area contributed by atoms with Crippen LogP contribution in [0.15, 0.2) is 30.3 Å². The molecular weight excluding hydrogens is 302 g/mol. The van der Waals surface area contributed by atoms with Gasteiger partial charge in [0.25, 0.3) is 0 Å². The highest BCUT2D eigenvalue weighted by Crippen LogP contribution is 2.23. The van der Waals surface area contributed by atoms with Crippen molar-refractivity contribution in [3.05, 3.63) is 35.9 Å². The molecule has 0 spiro atoms. The van der Waals surface area contributed by atoms with E-state index in [2.05, 4.69) is 0 Å². The Morgan fingerprint density at radius 3 is 1.91 bits per heavy atom. The minimum Gasteiger partial charge on any atom is -0.473 e. The smallest absolute Gasteiger partial charge is 0.414 e. The highest BCUT2D eigenvalue weighted by atomic mass is 16.5. The molecule has 0 fully saturated rings. The Morgan fingerprint density at radius 2 is 1.57 bits per heavy atom. The Hall–Kier alpha value is -2.41. The summed E-state index contributed by atoms with van der Waals surface area (Å²) >= 11 is 0. The summed E-state index contributed by atoms with van der Waals surface area (Å²) in [5.41, 5.74) is 1.01. The third kappa shape index (κ3) is 7.42.